The quantitative estimate of drug-likeness (QED) is 0.724. The molecule has 6 nitrogen and oxygen atoms in total. The number of rotatable bonds is 6. The van der Waals surface area contributed by atoms with Crippen molar-refractivity contribution in [1.82, 2.24) is 14.5 Å². The van der Waals surface area contributed by atoms with E-state index >= 15 is 0 Å². The van der Waals surface area contributed by atoms with Gasteiger partial charge in [-0.1, -0.05) is 54.6 Å². The van der Waals surface area contributed by atoms with Crippen LogP contribution < -0.4 is 16.6 Å². The van der Waals surface area contributed by atoms with Gasteiger partial charge in [0.15, 0.2) is 0 Å². The van der Waals surface area contributed by atoms with Gasteiger partial charge in [0.1, 0.15) is 6.54 Å². The first-order valence-corrected chi connectivity index (χ1v) is 8.70. The highest BCUT2D eigenvalue weighted by Gasteiger charge is 2.10. The Labute approximate surface area is 156 Å². The van der Waals surface area contributed by atoms with Gasteiger partial charge in [-0.15, -0.1) is 0 Å². The Balaban J connectivity index is 1.73. The number of carbonyl (C=O) groups is 1. The number of nitrogens with zero attached hydrogens (tertiary/aromatic N) is 2. The molecule has 27 heavy (non-hydrogen) atoms. The van der Waals surface area contributed by atoms with Gasteiger partial charge in [0.25, 0.3) is 5.56 Å². The van der Waals surface area contributed by atoms with E-state index in [1.54, 1.807) is 0 Å². The predicted octanol–water partition coefficient (Wildman–Crippen LogP) is 1.68. The van der Waals surface area contributed by atoms with Gasteiger partial charge in [-0.05, 0) is 23.6 Å². The zero-order valence-corrected chi connectivity index (χ0v) is 15.1. The molecule has 0 spiro atoms. The van der Waals surface area contributed by atoms with Crippen molar-refractivity contribution in [2.45, 2.75) is 26.6 Å². The van der Waals surface area contributed by atoms with Crippen LogP contribution in [0, 0.1) is 6.92 Å². The number of hydrogen-bond acceptors (Lipinski definition) is 3. The first-order valence-electron chi connectivity index (χ1n) is 8.70. The molecule has 1 heterocycles. The topological polar surface area (TPSA) is 73.1 Å². The van der Waals surface area contributed by atoms with Crippen LogP contribution in [0.5, 0.6) is 0 Å². The Hall–Kier alpha value is -3.41. The molecule has 138 valence electrons. The average molecular weight is 363 g/mol. The molecule has 0 fully saturated rings. The summed E-state index contributed by atoms with van der Waals surface area (Å²) in [7, 11) is 0. The van der Waals surface area contributed by atoms with Gasteiger partial charge in [0, 0.05) is 18.8 Å². The fourth-order valence-corrected chi connectivity index (χ4v) is 2.80. The third-order valence-electron chi connectivity index (χ3n) is 4.37. The minimum atomic E-state index is -0.502. The lowest BCUT2D eigenvalue weighted by molar-refractivity contribution is -0.121. The molecule has 0 aliphatic heterocycles. The Morgan fingerprint density at radius 2 is 1.67 bits per heavy atom. The normalized spacial score (nSPS) is 10.6. The maximum atomic E-state index is 12.6. The standard InChI is InChI=1S/C21H21N3O3/c1-16-7-5-6-10-18(16)13-22-19(25)15-24-20(26)11-12-23(21(24)27)14-17-8-3-2-4-9-17/h2-12H,13-15H2,1H3,(H,22,25). The molecule has 1 amide bonds. The Morgan fingerprint density at radius 3 is 2.41 bits per heavy atom. The smallest absolute Gasteiger partial charge is 0.331 e. The molecule has 0 aliphatic carbocycles. The maximum absolute atomic E-state index is 12.6. The summed E-state index contributed by atoms with van der Waals surface area (Å²) in [5.41, 5.74) is 2.01. The van der Waals surface area contributed by atoms with E-state index in [2.05, 4.69) is 5.32 Å². The number of aryl methyl sites for hydroxylation is 1. The fraction of sp³-hybridized carbons (Fsp3) is 0.190. The lowest BCUT2D eigenvalue weighted by Crippen LogP contribution is -2.43. The first kappa shape index (κ1) is 18.4. The van der Waals surface area contributed by atoms with Crippen LogP contribution in [-0.2, 0) is 24.4 Å². The second-order valence-electron chi connectivity index (χ2n) is 6.34. The van der Waals surface area contributed by atoms with Gasteiger partial charge < -0.3 is 5.32 Å². The van der Waals surface area contributed by atoms with E-state index in [4.69, 9.17) is 0 Å². The highest BCUT2D eigenvalue weighted by molar-refractivity contribution is 5.75. The molecule has 1 N–H and O–H groups in total. The zero-order chi connectivity index (χ0) is 19.2. The molecule has 3 rings (SSSR count). The van der Waals surface area contributed by atoms with E-state index in [1.807, 2.05) is 61.5 Å². The van der Waals surface area contributed by atoms with E-state index in [0.29, 0.717) is 13.1 Å². The van der Waals surface area contributed by atoms with Crippen molar-refractivity contribution in [3.63, 3.8) is 0 Å². The lowest BCUT2D eigenvalue weighted by Gasteiger charge is -2.11. The van der Waals surface area contributed by atoms with E-state index in [-0.39, 0.29) is 12.5 Å². The van der Waals surface area contributed by atoms with Gasteiger partial charge in [-0.25, -0.2) is 4.79 Å². The number of nitrogens with one attached hydrogen (secondary N) is 1. The van der Waals surface area contributed by atoms with Gasteiger partial charge in [-0.2, -0.15) is 0 Å². The molecule has 1 aromatic heterocycles. The van der Waals surface area contributed by atoms with Crippen LogP contribution >= 0.6 is 0 Å². The maximum Gasteiger partial charge on any atom is 0.331 e. The van der Waals surface area contributed by atoms with Crippen LogP contribution in [0.25, 0.3) is 0 Å². The van der Waals surface area contributed by atoms with Crippen LogP contribution in [0.4, 0.5) is 0 Å². The monoisotopic (exact) mass is 363 g/mol. The van der Waals surface area contributed by atoms with E-state index < -0.39 is 11.2 Å². The first-order chi connectivity index (χ1) is 13.0. The molecule has 6 heteroatoms. The molecule has 0 aliphatic rings. The SMILES string of the molecule is Cc1ccccc1CNC(=O)Cn1c(=O)ccn(Cc2ccccc2)c1=O. The molecule has 3 aromatic rings. The van der Waals surface area contributed by atoms with Crippen molar-refractivity contribution in [1.29, 1.82) is 0 Å². The second-order valence-corrected chi connectivity index (χ2v) is 6.34. The number of aromatic nitrogens is 2. The van der Waals surface area contributed by atoms with Gasteiger partial charge in [0.05, 0.1) is 6.54 Å². The molecular weight excluding hydrogens is 342 g/mol. The summed E-state index contributed by atoms with van der Waals surface area (Å²) < 4.78 is 2.38. The Kier molecular flexibility index (Phi) is 5.66. The second kappa shape index (κ2) is 8.31. The summed E-state index contributed by atoms with van der Waals surface area (Å²) >= 11 is 0. The van der Waals surface area contributed by atoms with Gasteiger partial charge in [0.2, 0.25) is 5.91 Å². The number of hydrogen-bond donors (Lipinski definition) is 1. The van der Waals surface area contributed by atoms with Crippen LogP contribution in [0.3, 0.4) is 0 Å². The lowest BCUT2D eigenvalue weighted by atomic mass is 10.1. The van der Waals surface area contributed by atoms with Crippen molar-refractivity contribution < 1.29 is 4.79 Å². The third-order valence-corrected chi connectivity index (χ3v) is 4.37. The van der Waals surface area contributed by atoms with Crippen LogP contribution in [0.1, 0.15) is 16.7 Å². The van der Waals surface area contributed by atoms with Crippen molar-refractivity contribution in [3.8, 4) is 0 Å². The fourth-order valence-electron chi connectivity index (χ4n) is 2.80. The van der Waals surface area contributed by atoms with Crippen molar-refractivity contribution in [3.05, 3.63) is 104 Å². The largest absolute Gasteiger partial charge is 0.350 e. The predicted molar refractivity (Wildman–Crippen MR) is 104 cm³/mol. The van der Waals surface area contributed by atoms with E-state index in [0.717, 1.165) is 21.3 Å². The zero-order valence-electron chi connectivity index (χ0n) is 15.1. The Morgan fingerprint density at radius 1 is 0.963 bits per heavy atom. The summed E-state index contributed by atoms with van der Waals surface area (Å²) in [5.74, 6) is -0.380. The number of carbonyl (C=O) groups excluding carboxylic acids is 1. The number of amides is 1. The number of benzene rings is 2. The average Bonchev–Trinajstić information content (AvgIpc) is 2.67. The highest BCUT2D eigenvalue weighted by Crippen LogP contribution is 2.06. The summed E-state index contributed by atoms with van der Waals surface area (Å²) in [4.78, 5) is 36.9. The molecule has 0 bridgehead atoms. The molecule has 0 saturated carbocycles. The molecule has 0 saturated heterocycles. The summed E-state index contributed by atoms with van der Waals surface area (Å²) in [6, 6.07) is 18.5. The summed E-state index contributed by atoms with van der Waals surface area (Å²) in [6.07, 6.45) is 1.46. The van der Waals surface area contributed by atoms with Crippen LogP contribution in [0.15, 0.2) is 76.4 Å². The van der Waals surface area contributed by atoms with Crippen molar-refractivity contribution in [2.75, 3.05) is 0 Å². The molecule has 2 aromatic carbocycles. The van der Waals surface area contributed by atoms with Crippen LogP contribution in [0.2, 0.25) is 0 Å². The van der Waals surface area contributed by atoms with Gasteiger partial charge in [-0.3, -0.25) is 18.7 Å². The van der Waals surface area contributed by atoms with E-state index in [9.17, 15) is 14.4 Å². The molecule has 0 radical (unpaired) electrons. The minimum Gasteiger partial charge on any atom is -0.350 e. The molecular formula is C21H21N3O3. The van der Waals surface area contributed by atoms with Gasteiger partial charge >= 0.3 is 5.69 Å². The minimum absolute atomic E-state index is 0.306. The Bertz CT molecular complexity index is 1050. The van der Waals surface area contributed by atoms with Crippen LogP contribution in [-0.4, -0.2) is 15.0 Å². The van der Waals surface area contributed by atoms with Crippen molar-refractivity contribution >= 4 is 5.91 Å². The highest BCUT2D eigenvalue weighted by atomic mass is 16.2. The molecule has 0 atom stereocenters. The summed E-state index contributed by atoms with van der Waals surface area (Å²) in [5, 5.41) is 2.77. The molecule has 0 unspecified atom stereocenters. The third kappa shape index (κ3) is 4.61. The summed E-state index contributed by atoms with van der Waals surface area (Å²) in [6.45, 7) is 2.35. The van der Waals surface area contributed by atoms with E-state index in [1.165, 1.54) is 16.8 Å². The van der Waals surface area contributed by atoms with Crippen molar-refractivity contribution in [2.24, 2.45) is 0 Å².